The number of ketones is 1. The van der Waals surface area contributed by atoms with Gasteiger partial charge in [0.05, 0.1) is 5.92 Å². The molecule has 1 heterocycles. The van der Waals surface area contributed by atoms with Crippen LogP contribution >= 0.6 is 0 Å². The van der Waals surface area contributed by atoms with Gasteiger partial charge in [-0.1, -0.05) is 31.6 Å². The largest absolute Gasteiger partial charge is 0.461 e. The Morgan fingerprint density at radius 3 is 2.78 bits per heavy atom. The van der Waals surface area contributed by atoms with E-state index in [0.29, 0.717) is 13.0 Å². The summed E-state index contributed by atoms with van der Waals surface area (Å²) in [5.74, 6) is -0.0278. The molecule has 2 aliphatic carbocycles. The van der Waals surface area contributed by atoms with E-state index >= 15 is 0 Å². The minimum Gasteiger partial charge on any atom is -0.461 e. The number of esters is 1. The van der Waals surface area contributed by atoms with Crippen molar-refractivity contribution in [3.63, 3.8) is 0 Å². The molecule has 0 spiro atoms. The van der Waals surface area contributed by atoms with Crippen molar-refractivity contribution in [3.05, 3.63) is 23.3 Å². The molecule has 0 amide bonds. The molecule has 1 saturated carbocycles. The fraction of sp³-hybridized carbons (Fsp3) is 0.700. The van der Waals surface area contributed by atoms with Gasteiger partial charge < -0.3 is 4.74 Å². The molecule has 1 aliphatic heterocycles. The average Bonchev–Trinajstić information content (AvgIpc) is 2.86. The first-order valence-corrected chi connectivity index (χ1v) is 8.81. The normalized spacial score (nSPS) is 39.2. The maximum atomic E-state index is 12.9. The number of Topliss-reactive ketones (excluding diaryl/α,β-unsaturated/α-hetero) is 1. The Bertz CT molecular complexity index is 596. The van der Waals surface area contributed by atoms with Crippen molar-refractivity contribution < 1.29 is 14.3 Å². The van der Waals surface area contributed by atoms with E-state index < -0.39 is 5.41 Å². The number of cyclic esters (lactones) is 1. The Morgan fingerprint density at radius 2 is 2.09 bits per heavy atom. The van der Waals surface area contributed by atoms with Gasteiger partial charge in [0, 0.05) is 11.8 Å². The fourth-order valence-electron chi connectivity index (χ4n) is 5.19. The number of rotatable bonds is 3. The van der Waals surface area contributed by atoms with Crippen LogP contribution in [-0.2, 0) is 14.3 Å². The van der Waals surface area contributed by atoms with Gasteiger partial charge in [-0.15, -0.1) is 0 Å². The van der Waals surface area contributed by atoms with Crippen LogP contribution in [0.15, 0.2) is 23.3 Å². The molecule has 4 atom stereocenters. The van der Waals surface area contributed by atoms with E-state index in [1.807, 2.05) is 6.92 Å². The summed E-state index contributed by atoms with van der Waals surface area (Å²) in [5.41, 5.74) is 1.92. The SMILES string of the molecule is CC(C)=CCC[C@]1(C)CCC(=O)[C@]2(C)C3C(=O)OCC3=CCC12. The van der Waals surface area contributed by atoms with Crippen LogP contribution in [0.2, 0.25) is 0 Å². The Balaban J connectivity index is 1.94. The molecule has 3 aliphatic rings. The highest BCUT2D eigenvalue weighted by molar-refractivity contribution is 5.94. The molecule has 0 radical (unpaired) electrons. The van der Waals surface area contributed by atoms with E-state index in [0.717, 1.165) is 31.3 Å². The van der Waals surface area contributed by atoms with E-state index in [1.165, 1.54) is 5.57 Å². The topological polar surface area (TPSA) is 43.4 Å². The number of fused-ring (bicyclic) bond motifs is 3. The lowest BCUT2D eigenvalue weighted by atomic mass is 9.47. The van der Waals surface area contributed by atoms with Crippen molar-refractivity contribution in [2.75, 3.05) is 6.61 Å². The van der Waals surface area contributed by atoms with Gasteiger partial charge in [0.2, 0.25) is 0 Å². The second-order valence-corrected chi connectivity index (χ2v) is 8.29. The third-order valence-electron chi connectivity index (χ3n) is 6.56. The highest BCUT2D eigenvalue weighted by Gasteiger charge is 2.62. The maximum Gasteiger partial charge on any atom is 0.314 e. The summed E-state index contributed by atoms with van der Waals surface area (Å²) in [7, 11) is 0. The third kappa shape index (κ3) is 2.49. The van der Waals surface area contributed by atoms with E-state index in [4.69, 9.17) is 4.74 Å². The van der Waals surface area contributed by atoms with Gasteiger partial charge in [-0.2, -0.15) is 0 Å². The molecule has 3 heteroatoms. The van der Waals surface area contributed by atoms with Crippen LogP contribution in [-0.4, -0.2) is 18.4 Å². The molecule has 1 saturated heterocycles. The Morgan fingerprint density at radius 1 is 1.35 bits per heavy atom. The number of hydrogen-bond donors (Lipinski definition) is 0. The van der Waals surface area contributed by atoms with Crippen molar-refractivity contribution in [1.82, 2.24) is 0 Å². The van der Waals surface area contributed by atoms with E-state index in [2.05, 4.69) is 32.9 Å². The van der Waals surface area contributed by atoms with E-state index in [9.17, 15) is 9.59 Å². The molecule has 0 aromatic heterocycles. The first-order chi connectivity index (χ1) is 10.8. The van der Waals surface area contributed by atoms with Crippen LogP contribution in [0.5, 0.6) is 0 Å². The van der Waals surface area contributed by atoms with Gasteiger partial charge in [-0.05, 0) is 56.4 Å². The molecule has 0 bridgehead atoms. The Kier molecular flexibility index (Phi) is 4.02. The molecular weight excluding hydrogens is 288 g/mol. The molecule has 2 unspecified atom stereocenters. The van der Waals surface area contributed by atoms with Crippen LogP contribution in [0.25, 0.3) is 0 Å². The minimum atomic E-state index is -0.574. The predicted octanol–water partition coefficient (Wildman–Crippen LogP) is 4.23. The number of allylic oxidation sites excluding steroid dienone is 3. The summed E-state index contributed by atoms with van der Waals surface area (Å²) in [4.78, 5) is 25.2. The first kappa shape index (κ1) is 16.5. The van der Waals surface area contributed by atoms with Crippen LogP contribution in [0, 0.1) is 22.7 Å². The number of carbonyl (C=O) groups is 2. The first-order valence-electron chi connectivity index (χ1n) is 8.81. The van der Waals surface area contributed by atoms with Crippen LogP contribution in [0.4, 0.5) is 0 Å². The summed E-state index contributed by atoms with van der Waals surface area (Å²) in [6.07, 6.45) is 9.02. The van der Waals surface area contributed by atoms with Crippen molar-refractivity contribution in [2.45, 2.75) is 59.8 Å². The average molecular weight is 316 g/mol. The highest BCUT2D eigenvalue weighted by atomic mass is 16.5. The summed E-state index contributed by atoms with van der Waals surface area (Å²) in [5, 5.41) is 0. The molecule has 126 valence electrons. The van der Waals surface area contributed by atoms with Crippen molar-refractivity contribution >= 4 is 11.8 Å². The summed E-state index contributed by atoms with van der Waals surface area (Å²) < 4.78 is 5.27. The van der Waals surface area contributed by atoms with Gasteiger partial charge in [-0.25, -0.2) is 0 Å². The van der Waals surface area contributed by atoms with Crippen molar-refractivity contribution in [1.29, 1.82) is 0 Å². The maximum absolute atomic E-state index is 12.9. The molecule has 0 aromatic rings. The molecular formula is C20H28O3. The Labute approximate surface area is 139 Å². The lowest BCUT2D eigenvalue weighted by Gasteiger charge is -2.54. The fourth-order valence-corrected chi connectivity index (χ4v) is 5.19. The molecule has 3 nitrogen and oxygen atoms in total. The van der Waals surface area contributed by atoms with Crippen LogP contribution < -0.4 is 0 Å². The summed E-state index contributed by atoms with van der Waals surface area (Å²) in [6.45, 7) is 8.98. The lowest BCUT2D eigenvalue weighted by molar-refractivity contribution is -0.159. The van der Waals surface area contributed by atoms with Gasteiger partial charge >= 0.3 is 5.97 Å². The van der Waals surface area contributed by atoms with Crippen LogP contribution in [0.3, 0.4) is 0 Å². The highest BCUT2D eigenvalue weighted by Crippen LogP contribution is 2.60. The molecule has 2 fully saturated rings. The lowest BCUT2D eigenvalue weighted by Crippen LogP contribution is -2.55. The summed E-state index contributed by atoms with van der Waals surface area (Å²) >= 11 is 0. The molecule has 0 N–H and O–H groups in total. The van der Waals surface area contributed by atoms with E-state index in [-0.39, 0.29) is 29.0 Å². The van der Waals surface area contributed by atoms with Crippen LogP contribution in [0.1, 0.15) is 59.8 Å². The number of hydrogen-bond acceptors (Lipinski definition) is 3. The number of ether oxygens (including phenoxy) is 1. The minimum absolute atomic E-state index is 0.111. The van der Waals surface area contributed by atoms with Gasteiger partial charge in [0.25, 0.3) is 0 Å². The van der Waals surface area contributed by atoms with E-state index in [1.54, 1.807) is 0 Å². The zero-order chi connectivity index (χ0) is 16.8. The Hall–Kier alpha value is -1.38. The third-order valence-corrected chi connectivity index (χ3v) is 6.56. The molecule has 0 aromatic carbocycles. The smallest absolute Gasteiger partial charge is 0.314 e. The van der Waals surface area contributed by atoms with Gasteiger partial charge in [0.15, 0.2) is 0 Å². The van der Waals surface area contributed by atoms with Crippen molar-refractivity contribution in [3.8, 4) is 0 Å². The van der Waals surface area contributed by atoms with Gasteiger partial charge in [0.1, 0.15) is 12.4 Å². The zero-order valence-corrected chi connectivity index (χ0v) is 14.8. The summed E-state index contributed by atoms with van der Waals surface area (Å²) in [6, 6.07) is 0. The number of carbonyl (C=O) groups excluding carboxylic acids is 2. The standard InChI is InChI=1S/C20H28O3/c1-13(2)6-5-10-19(3)11-9-16(21)20(4)15(19)8-7-14-12-23-18(22)17(14)20/h6-7,15,17H,5,8-12H2,1-4H3/t15?,17?,19-,20-/m1/s1. The van der Waals surface area contributed by atoms with Crippen molar-refractivity contribution in [2.24, 2.45) is 22.7 Å². The second kappa shape index (κ2) is 5.61. The van der Waals surface area contributed by atoms with Gasteiger partial charge in [-0.3, -0.25) is 9.59 Å². The molecule has 23 heavy (non-hydrogen) atoms. The predicted molar refractivity (Wildman–Crippen MR) is 89.8 cm³/mol. The second-order valence-electron chi connectivity index (χ2n) is 8.29. The zero-order valence-electron chi connectivity index (χ0n) is 14.8. The molecule has 3 rings (SSSR count). The quantitative estimate of drug-likeness (QED) is 0.578. The monoisotopic (exact) mass is 316 g/mol.